The molecule has 2 aliphatic rings. The van der Waals surface area contributed by atoms with Gasteiger partial charge in [-0.3, -0.25) is 4.79 Å². The van der Waals surface area contributed by atoms with Crippen molar-refractivity contribution in [2.24, 2.45) is 0 Å². The SMILES string of the molecule is CCCCC1(O)C2=C(C=CCC2)C(=O)N1Cc1cccc(OC)c1. The average molecular weight is 327 g/mol. The molecule has 0 fully saturated rings. The summed E-state index contributed by atoms with van der Waals surface area (Å²) < 4.78 is 5.27. The molecule has 24 heavy (non-hydrogen) atoms. The van der Waals surface area contributed by atoms with Crippen LogP contribution < -0.4 is 4.74 Å². The number of benzene rings is 1. The molecule has 0 aromatic heterocycles. The van der Waals surface area contributed by atoms with Crippen LogP contribution in [0.25, 0.3) is 0 Å². The summed E-state index contributed by atoms with van der Waals surface area (Å²) in [6.45, 7) is 2.49. The number of unbranched alkanes of at least 4 members (excludes halogenated alkanes) is 1. The maximum Gasteiger partial charge on any atom is 0.256 e. The van der Waals surface area contributed by atoms with Crippen molar-refractivity contribution in [1.29, 1.82) is 0 Å². The lowest BCUT2D eigenvalue weighted by molar-refractivity contribution is -0.145. The van der Waals surface area contributed by atoms with Gasteiger partial charge >= 0.3 is 0 Å². The number of allylic oxidation sites excluding steroid dienone is 1. The summed E-state index contributed by atoms with van der Waals surface area (Å²) in [7, 11) is 1.63. The van der Waals surface area contributed by atoms with Crippen LogP contribution in [0, 0.1) is 0 Å². The van der Waals surface area contributed by atoms with Crippen LogP contribution in [0.1, 0.15) is 44.6 Å². The first-order valence-corrected chi connectivity index (χ1v) is 8.67. The topological polar surface area (TPSA) is 49.8 Å². The molecule has 4 heteroatoms. The lowest BCUT2D eigenvalue weighted by Crippen LogP contribution is -2.47. The highest BCUT2D eigenvalue weighted by Gasteiger charge is 2.49. The molecule has 1 amide bonds. The number of carbonyl (C=O) groups excluding carboxylic acids is 1. The minimum Gasteiger partial charge on any atom is -0.497 e. The number of hydrogen-bond donors (Lipinski definition) is 1. The van der Waals surface area contributed by atoms with Crippen LogP contribution in [0.15, 0.2) is 47.6 Å². The van der Waals surface area contributed by atoms with Crippen molar-refractivity contribution in [2.75, 3.05) is 7.11 Å². The van der Waals surface area contributed by atoms with Gasteiger partial charge in [0, 0.05) is 12.1 Å². The highest BCUT2D eigenvalue weighted by Crippen LogP contribution is 2.43. The summed E-state index contributed by atoms with van der Waals surface area (Å²) >= 11 is 0. The Morgan fingerprint density at radius 3 is 2.96 bits per heavy atom. The maximum atomic E-state index is 12.9. The standard InChI is InChI=1S/C20H25NO3/c1-3-4-12-20(23)18-11-6-5-10-17(18)19(22)21(20)14-15-8-7-9-16(13-15)24-2/h5,7-10,13,23H,3-4,6,11-12,14H2,1-2H3. The Morgan fingerprint density at radius 2 is 2.21 bits per heavy atom. The highest BCUT2D eigenvalue weighted by molar-refractivity contribution is 6.01. The maximum absolute atomic E-state index is 12.9. The van der Waals surface area contributed by atoms with Gasteiger partial charge in [0.25, 0.3) is 5.91 Å². The predicted molar refractivity (Wildman–Crippen MR) is 93.4 cm³/mol. The molecular formula is C20H25NO3. The average Bonchev–Trinajstić information content (AvgIpc) is 2.83. The predicted octanol–water partition coefficient (Wildman–Crippen LogP) is 3.56. The molecule has 1 atom stereocenters. The Labute approximate surface area is 143 Å². The lowest BCUT2D eigenvalue weighted by Gasteiger charge is -2.36. The highest BCUT2D eigenvalue weighted by atomic mass is 16.5. The second-order valence-corrected chi connectivity index (χ2v) is 6.50. The lowest BCUT2D eigenvalue weighted by atomic mass is 9.89. The van der Waals surface area contributed by atoms with Gasteiger partial charge in [0.05, 0.1) is 7.11 Å². The van der Waals surface area contributed by atoms with Gasteiger partial charge in [0.2, 0.25) is 0 Å². The van der Waals surface area contributed by atoms with E-state index in [9.17, 15) is 9.90 Å². The van der Waals surface area contributed by atoms with E-state index in [0.717, 1.165) is 42.6 Å². The first-order valence-electron chi connectivity index (χ1n) is 8.67. The van der Waals surface area contributed by atoms with E-state index >= 15 is 0 Å². The van der Waals surface area contributed by atoms with Gasteiger partial charge in [-0.25, -0.2) is 0 Å². The van der Waals surface area contributed by atoms with Crippen molar-refractivity contribution in [3.05, 3.63) is 53.1 Å². The van der Waals surface area contributed by atoms with Crippen LogP contribution in [0.4, 0.5) is 0 Å². The molecule has 1 aromatic rings. The zero-order valence-electron chi connectivity index (χ0n) is 14.4. The third-order valence-electron chi connectivity index (χ3n) is 4.93. The molecule has 1 heterocycles. The fourth-order valence-electron chi connectivity index (χ4n) is 3.62. The Kier molecular flexibility index (Phi) is 4.76. The van der Waals surface area contributed by atoms with Gasteiger partial charge in [0.1, 0.15) is 5.75 Å². The Morgan fingerprint density at radius 1 is 1.38 bits per heavy atom. The van der Waals surface area contributed by atoms with Crippen LogP contribution in [-0.4, -0.2) is 28.7 Å². The van der Waals surface area contributed by atoms with Crippen molar-refractivity contribution >= 4 is 5.91 Å². The van der Waals surface area contributed by atoms with Gasteiger partial charge < -0.3 is 14.7 Å². The fourth-order valence-corrected chi connectivity index (χ4v) is 3.62. The summed E-state index contributed by atoms with van der Waals surface area (Å²) in [6, 6.07) is 7.67. The molecule has 0 saturated carbocycles. The molecule has 0 saturated heterocycles. The van der Waals surface area contributed by atoms with E-state index in [-0.39, 0.29) is 5.91 Å². The van der Waals surface area contributed by atoms with Crippen LogP contribution >= 0.6 is 0 Å². The first kappa shape index (κ1) is 16.8. The molecule has 1 aliphatic carbocycles. The van der Waals surface area contributed by atoms with Gasteiger partial charge in [-0.05, 0) is 49.0 Å². The third-order valence-corrected chi connectivity index (χ3v) is 4.93. The quantitative estimate of drug-likeness (QED) is 0.869. The van der Waals surface area contributed by atoms with E-state index in [1.165, 1.54) is 0 Å². The van der Waals surface area contributed by atoms with Crippen LogP contribution in [0.3, 0.4) is 0 Å². The summed E-state index contributed by atoms with van der Waals surface area (Å²) in [4.78, 5) is 14.5. The smallest absolute Gasteiger partial charge is 0.256 e. The molecule has 3 rings (SSSR count). The zero-order chi connectivity index (χ0) is 17.2. The van der Waals surface area contributed by atoms with E-state index in [1.54, 1.807) is 12.0 Å². The van der Waals surface area contributed by atoms with E-state index in [0.29, 0.717) is 18.5 Å². The van der Waals surface area contributed by atoms with E-state index in [2.05, 4.69) is 6.92 Å². The molecule has 1 aliphatic heterocycles. The summed E-state index contributed by atoms with van der Waals surface area (Å²) in [5.74, 6) is 0.691. The van der Waals surface area contributed by atoms with Crippen molar-refractivity contribution in [3.63, 3.8) is 0 Å². The molecule has 0 bridgehead atoms. The van der Waals surface area contributed by atoms with Gasteiger partial charge in [-0.2, -0.15) is 0 Å². The molecule has 0 spiro atoms. The van der Waals surface area contributed by atoms with Crippen molar-refractivity contribution < 1.29 is 14.6 Å². The second-order valence-electron chi connectivity index (χ2n) is 6.50. The number of hydrogen-bond acceptors (Lipinski definition) is 3. The summed E-state index contributed by atoms with van der Waals surface area (Å²) in [5, 5.41) is 11.4. The van der Waals surface area contributed by atoms with Crippen LogP contribution in [0.2, 0.25) is 0 Å². The van der Waals surface area contributed by atoms with Gasteiger partial charge in [-0.1, -0.05) is 37.6 Å². The Balaban J connectivity index is 1.92. The number of nitrogens with zero attached hydrogens (tertiary/aromatic N) is 1. The molecule has 1 unspecified atom stereocenters. The third kappa shape index (κ3) is 2.86. The monoisotopic (exact) mass is 327 g/mol. The van der Waals surface area contributed by atoms with Crippen molar-refractivity contribution in [1.82, 2.24) is 4.90 Å². The number of methoxy groups -OCH3 is 1. The minimum absolute atomic E-state index is 0.0672. The van der Waals surface area contributed by atoms with Gasteiger partial charge in [-0.15, -0.1) is 0 Å². The van der Waals surface area contributed by atoms with Crippen LogP contribution in [-0.2, 0) is 11.3 Å². The van der Waals surface area contributed by atoms with E-state index in [4.69, 9.17) is 4.74 Å². The van der Waals surface area contributed by atoms with E-state index < -0.39 is 5.72 Å². The molecule has 4 nitrogen and oxygen atoms in total. The second kappa shape index (κ2) is 6.81. The normalized spacial score (nSPS) is 23.0. The molecule has 128 valence electrons. The van der Waals surface area contributed by atoms with Crippen LogP contribution in [0.5, 0.6) is 5.75 Å². The first-order chi connectivity index (χ1) is 11.6. The summed E-state index contributed by atoms with van der Waals surface area (Å²) in [6.07, 6.45) is 8.00. The van der Waals surface area contributed by atoms with Gasteiger partial charge in [0.15, 0.2) is 5.72 Å². The van der Waals surface area contributed by atoms with Crippen molar-refractivity contribution in [3.8, 4) is 5.75 Å². The molecule has 1 aromatic carbocycles. The largest absolute Gasteiger partial charge is 0.497 e. The number of amides is 1. The molecule has 1 N–H and O–H groups in total. The van der Waals surface area contributed by atoms with E-state index in [1.807, 2.05) is 36.4 Å². The zero-order valence-corrected chi connectivity index (χ0v) is 14.4. The molecular weight excluding hydrogens is 302 g/mol. The Hall–Kier alpha value is -2.07. The minimum atomic E-state index is -1.16. The number of rotatable bonds is 6. The number of carbonyl (C=O) groups is 1. The summed E-state index contributed by atoms with van der Waals surface area (Å²) in [5.41, 5.74) is 1.38. The van der Waals surface area contributed by atoms with Crippen molar-refractivity contribution in [2.45, 2.75) is 51.3 Å². The Bertz CT molecular complexity index is 692. The number of aliphatic hydroxyl groups is 1. The molecule has 0 radical (unpaired) electrons. The fraction of sp³-hybridized carbons (Fsp3) is 0.450. The number of ether oxygens (including phenoxy) is 1.